The second-order valence-corrected chi connectivity index (χ2v) is 10.0. The molecule has 222 valence electrons. The van der Waals surface area contributed by atoms with Crippen molar-refractivity contribution >= 4 is 40.0 Å². The van der Waals surface area contributed by atoms with E-state index in [1.807, 2.05) is 32.9 Å². The molecule has 1 aliphatic heterocycles. The number of aryl methyl sites for hydroxylation is 1. The number of halogens is 1. The van der Waals surface area contributed by atoms with Gasteiger partial charge in [0.05, 0.1) is 30.0 Å². The summed E-state index contributed by atoms with van der Waals surface area (Å²) in [6, 6.07) is 10.9. The normalized spacial score (nSPS) is 14.4. The van der Waals surface area contributed by atoms with Crippen LogP contribution in [0.1, 0.15) is 42.6 Å². The van der Waals surface area contributed by atoms with Crippen LogP contribution in [0.5, 0.6) is 5.88 Å². The maximum absolute atomic E-state index is 13.2. The van der Waals surface area contributed by atoms with Gasteiger partial charge in [-0.05, 0) is 61.7 Å². The molecule has 1 saturated heterocycles. The number of carboxylic acids is 1. The molecule has 3 aromatic heterocycles. The van der Waals surface area contributed by atoms with Gasteiger partial charge in [-0.25, -0.2) is 14.8 Å². The Bertz CT molecular complexity index is 1590. The van der Waals surface area contributed by atoms with E-state index in [9.17, 15) is 14.7 Å². The van der Waals surface area contributed by atoms with Crippen LogP contribution in [0.4, 0.5) is 11.5 Å². The van der Waals surface area contributed by atoms with E-state index in [1.165, 1.54) is 6.20 Å². The monoisotopic (exact) mass is 593 g/mol. The molecule has 1 fully saturated rings. The van der Waals surface area contributed by atoms with E-state index in [0.29, 0.717) is 53.1 Å². The summed E-state index contributed by atoms with van der Waals surface area (Å²) in [5, 5.41) is 13.7. The van der Waals surface area contributed by atoms with Crippen molar-refractivity contribution in [2.75, 3.05) is 43.6 Å². The highest BCUT2D eigenvalue weighted by molar-refractivity contribution is 6.31. The van der Waals surface area contributed by atoms with Crippen LogP contribution < -0.4 is 20.4 Å². The van der Waals surface area contributed by atoms with Crippen LogP contribution in [-0.2, 0) is 4.74 Å². The molecule has 1 atom stereocenters. The number of rotatable bonds is 10. The third-order valence-corrected chi connectivity index (χ3v) is 7.30. The molecule has 2 N–H and O–H groups in total. The lowest BCUT2D eigenvalue weighted by Gasteiger charge is -2.29. The standard InChI is InChI=1S/C29H30ClN5O5.C2H6/c1-18-13-21-25(14-24(18)34-11-4-5-20(34)17-40-28-23(30)6-3-9-32-28)35(16-22(27(21)36)29(37)38)19-7-8-26(33-15-19)31-10-12-39-2;1-2/h3,6-9,13-16,20H,4-5,10-12,17H2,1-2H3,(H,31,33)(H,37,38);1-2H3. The van der Waals surface area contributed by atoms with E-state index in [4.69, 9.17) is 21.1 Å². The van der Waals surface area contributed by atoms with Crippen molar-refractivity contribution in [1.82, 2.24) is 14.5 Å². The van der Waals surface area contributed by atoms with E-state index < -0.39 is 11.4 Å². The van der Waals surface area contributed by atoms with Crippen molar-refractivity contribution in [3.8, 4) is 11.6 Å². The van der Waals surface area contributed by atoms with Crippen LogP contribution >= 0.6 is 11.6 Å². The summed E-state index contributed by atoms with van der Waals surface area (Å²) in [4.78, 5) is 36.1. The van der Waals surface area contributed by atoms with Crippen molar-refractivity contribution in [3.63, 3.8) is 0 Å². The van der Waals surface area contributed by atoms with E-state index in [1.54, 1.807) is 48.3 Å². The number of pyridine rings is 3. The second-order valence-electron chi connectivity index (χ2n) is 9.61. The molecular formula is C31H36ClN5O5. The molecule has 0 amide bonds. The number of aromatic carboxylic acids is 1. The number of fused-ring (bicyclic) bond motifs is 1. The van der Waals surface area contributed by atoms with E-state index in [0.717, 1.165) is 30.6 Å². The van der Waals surface area contributed by atoms with Gasteiger partial charge in [-0.2, -0.15) is 0 Å². The lowest BCUT2D eigenvalue weighted by atomic mass is 10.0. The number of carbonyl (C=O) groups is 1. The second kappa shape index (κ2) is 14.2. The van der Waals surface area contributed by atoms with Crippen LogP contribution in [0, 0.1) is 6.92 Å². The maximum atomic E-state index is 13.2. The molecule has 0 aliphatic carbocycles. The molecule has 1 unspecified atom stereocenters. The predicted molar refractivity (Wildman–Crippen MR) is 166 cm³/mol. The van der Waals surface area contributed by atoms with Crippen LogP contribution in [0.3, 0.4) is 0 Å². The lowest BCUT2D eigenvalue weighted by molar-refractivity contribution is 0.0695. The number of nitrogens with one attached hydrogen (secondary N) is 1. The van der Waals surface area contributed by atoms with Gasteiger partial charge in [-0.15, -0.1) is 0 Å². The minimum Gasteiger partial charge on any atom is -0.477 e. The summed E-state index contributed by atoms with van der Waals surface area (Å²) in [6.45, 7) is 8.29. The summed E-state index contributed by atoms with van der Waals surface area (Å²) in [5.74, 6) is -0.221. The van der Waals surface area contributed by atoms with Crippen molar-refractivity contribution < 1.29 is 19.4 Å². The number of ether oxygens (including phenoxy) is 2. The zero-order valence-electron chi connectivity index (χ0n) is 24.3. The number of nitrogens with zero attached hydrogens (tertiary/aromatic N) is 4. The van der Waals surface area contributed by atoms with Gasteiger partial charge >= 0.3 is 5.97 Å². The summed E-state index contributed by atoms with van der Waals surface area (Å²) in [6.07, 6.45) is 6.56. The highest BCUT2D eigenvalue weighted by Crippen LogP contribution is 2.33. The third kappa shape index (κ3) is 6.66. The lowest BCUT2D eigenvalue weighted by Crippen LogP contribution is -2.35. The molecule has 0 spiro atoms. The highest BCUT2D eigenvalue weighted by Gasteiger charge is 2.28. The molecule has 1 aliphatic rings. The first-order valence-corrected chi connectivity index (χ1v) is 14.4. The molecule has 10 nitrogen and oxygen atoms in total. The number of benzene rings is 1. The van der Waals surface area contributed by atoms with Crippen LogP contribution in [0.25, 0.3) is 16.6 Å². The summed E-state index contributed by atoms with van der Waals surface area (Å²) >= 11 is 6.23. The molecule has 4 heterocycles. The highest BCUT2D eigenvalue weighted by atomic mass is 35.5. The SMILES string of the molecule is CC.COCCNc1ccc(-n2cc(C(=O)O)c(=O)c3cc(C)c(N4CCCC4COc4ncccc4Cl)cc32)cn1. The van der Waals surface area contributed by atoms with Gasteiger partial charge in [0.15, 0.2) is 0 Å². The zero-order valence-corrected chi connectivity index (χ0v) is 25.0. The molecule has 5 rings (SSSR count). The van der Waals surface area contributed by atoms with Crippen LogP contribution in [0.2, 0.25) is 5.02 Å². The van der Waals surface area contributed by atoms with E-state index in [2.05, 4.69) is 20.2 Å². The van der Waals surface area contributed by atoms with E-state index >= 15 is 0 Å². The maximum Gasteiger partial charge on any atom is 0.341 e. The molecule has 11 heteroatoms. The minimum absolute atomic E-state index is 0.0758. The molecule has 0 bridgehead atoms. The quantitative estimate of drug-likeness (QED) is 0.227. The Morgan fingerprint density at radius 2 is 2.02 bits per heavy atom. The fourth-order valence-electron chi connectivity index (χ4n) is 5.04. The van der Waals surface area contributed by atoms with Crippen molar-refractivity contribution in [1.29, 1.82) is 0 Å². The van der Waals surface area contributed by atoms with Crippen LogP contribution in [-0.4, -0.2) is 65.1 Å². The molecule has 1 aromatic carbocycles. The fraction of sp³-hybridized carbons (Fsp3) is 0.355. The average Bonchev–Trinajstić information content (AvgIpc) is 3.47. The van der Waals surface area contributed by atoms with Gasteiger partial charge in [0.1, 0.15) is 23.0 Å². The van der Waals surface area contributed by atoms with E-state index in [-0.39, 0.29) is 11.6 Å². The number of methoxy groups -OCH3 is 1. The number of anilines is 2. The van der Waals surface area contributed by atoms with Crippen LogP contribution in [0.15, 0.2) is 59.8 Å². The summed E-state index contributed by atoms with van der Waals surface area (Å²) in [7, 11) is 1.63. The summed E-state index contributed by atoms with van der Waals surface area (Å²) in [5.41, 5.74) is 2.22. The predicted octanol–water partition coefficient (Wildman–Crippen LogP) is 5.57. The third-order valence-electron chi connectivity index (χ3n) is 7.01. The smallest absolute Gasteiger partial charge is 0.341 e. The van der Waals surface area contributed by atoms with Gasteiger partial charge in [0.2, 0.25) is 11.3 Å². The topological polar surface area (TPSA) is 119 Å². The van der Waals surface area contributed by atoms with Gasteiger partial charge in [0, 0.05) is 43.7 Å². The van der Waals surface area contributed by atoms with Gasteiger partial charge in [-0.3, -0.25) is 4.79 Å². The van der Waals surface area contributed by atoms with Gasteiger partial charge in [-0.1, -0.05) is 25.4 Å². The van der Waals surface area contributed by atoms with Crippen molar-refractivity contribution in [2.45, 2.75) is 39.7 Å². The largest absolute Gasteiger partial charge is 0.477 e. The summed E-state index contributed by atoms with van der Waals surface area (Å²) < 4.78 is 12.8. The Morgan fingerprint density at radius 1 is 1.21 bits per heavy atom. The Labute approximate surface area is 249 Å². The Kier molecular flexibility index (Phi) is 10.4. The van der Waals surface area contributed by atoms with Gasteiger partial charge < -0.3 is 29.4 Å². The zero-order chi connectivity index (χ0) is 30.2. The average molecular weight is 594 g/mol. The van der Waals surface area contributed by atoms with Gasteiger partial charge in [0.25, 0.3) is 0 Å². The molecular weight excluding hydrogens is 558 g/mol. The first kappa shape index (κ1) is 30.8. The number of carboxylic acid groups (broad SMARTS) is 1. The van der Waals surface area contributed by atoms with Crippen molar-refractivity contribution in [2.24, 2.45) is 0 Å². The number of hydrogen-bond donors (Lipinski definition) is 2. The van der Waals surface area contributed by atoms with Crippen molar-refractivity contribution in [3.05, 3.63) is 81.4 Å². The molecule has 42 heavy (non-hydrogen) atoms. The molecule has 4 aromatic rings. The Balaban J connectivity index is 0.00000198. The fourth-order valence-corrected chi connectivity index (χ4v) is 5.21. The Morgan fingerprint density at radius 3 is 2.71 bits per heavy atom. The number of hydrogen-bond acceptors (Lipinski definition) is 8. The minimum atomic E-state index is -1.28. The first-order chi connectivity index (χ1) is 20.4. The number of aromatic nitrogens is 3. The molecule has 0 saturated carbocycles. The Hall–Kier alpha value is -4.15. The first-order valence-electron chi connectivity index (χ1n) is 14.0. The molecule has 0 radical (unpaired) electrons.